The molecule has 1 N–H and O–H groups in total. The smallest absolute Gasteiger partial charge is 0.247 e. The lowest BCUT2D eigenvalue weighted by Crippen LogP contribution is -2.55. The van der Waals surface area contributed by atoms with Gasteiger partial charge in [0.2, 0.25) is 11.8 Å². The molecular formula is C14H26N2O2S. The molecule has 0 aromatic carbocycles. The zero-order valence-electron chi connectivity index (χ0n) is 12.7. The number of carbonyl (C=O) groups excluding carboxylic acids is 2. The number of nitrogens with zero attached hydrogens (tertiary/aromatic N) is 1. The summed E-state index contributed by atoms with van der Waals surface area (Å²) >= 11 is 1.82. The molecule has 1 aliphatic heterocycles. The molecule has 1 heterocycles. The van der Waals surface area contributed by atoms with Gasteiger partial charge in [-0.25, -0.2) is 0 Å². The summed E-state index contributed by atoms with van der Waals surface area (Å²) in [5, 5.41) is 2.80. The van der Waals surface area contributed by atoms with Gasteiger partial charge in [0.25, 0.3) is 0 Å². The number of nitrogens with one attached hydrogen (secondary N) is 1. The Hall–Kier alpha value is -0.710. The van der Waals surface area contributed by atoms with Crippen LogP contribution in [0.3, 0.4) is 0 Å². The van der Waals surface area contributed by atoms with E-state index in [0.717, 1.165) is 19.4 Å². The van der Waals surface area contributed by atoms with Crippen LogP contribution in [0.25, 0.3) is 0 Å². The average molecular weight is 286 g/mol. The van der Waals surface area contributed by atoms with Gasteiger partial charge in [-0.3, -0.25) is 9.59 Å². The van der Waals surface area contributed by atoms with Crippen molar-refractivity contribution in [3.05, 3.63) is 0 Å². The molecule has 1 rings (SSSR count). The van der Waals surface area contributed by atoms with E-state index in [-0.39, 0.29) is 16.6 Å². The molecule has 0 saturated carbocycles. The largest absolute Gasteiger partial charge is 0.342 e. The first-order valence-corrected chi connectivity index (χ1v) is 8.18. The lowest BCUT2D eigenvalue weighted by molar-refractivity contribution is -0.137. The van der Waals surface area contributed by atoms with Gasteiger partial charge in [-0.2, -0.15) is 11.8 Å². The summed E-state index contributed by atoms with van der Waals surface area (Å²) in [7, 11) is 0. The van der Waals surface area contributed by atoms with Crippen molar-refractivity contribution in [2.45, 2.75) is 57.2 Å². The second-order valence-corrected chi connectivity index (χ2v) is 7.02. The molecule has 1 fully saturated rings. The Kier molecular flexibility index (Phi) is 5.30. The summed E-state index contributed by atoms with van der Waals surface area (Å²) in [5.74, 6) is -0.0118. The molecule has 2 amide bonds. The molecule has 0 aromatic rings. The maximum absolute atomic E-state index is 12.5. The van der Waals surface area contributed by atoms with Crippen molar-refractivity contribution in [1.29, 1.82) is 0 Å². The molecule has 0 radical (unpaired) electrons. The number of carbonyl (C=O) groups is 2. The lowest BCUT2D eigenvalue weighted by Gasteiger charge is -2.37. The first-order valence-electron chi connectivity index (χ1n) is 6.96. The Morgan fingerprint density at radius 3 is 2.37 bits per heavy atom. The normalized spacial score (nSPS) is 20.2. The number of amides is 2. The highest BCUT2D eigenvalue weighted by molar-refractivity contribution is 8.00. The summed E-state index contributed by atoms with van der Waals surface area (Å²) in [6.45, 7) is 9.14. The van der Waals surface area contributed by atoms with Crippen molar-refractivity contribution >= 4 is 23.6 Å². The van der Waals surface area contributed by atoms with E-state index in [9.17, 15) is 9.59 Å². The van der Waals surface area contributed by atoms with Gasteiger partial charge in [0.05, 0.1) is 0 Å². The van der Waals surface area contributed by atoms with Crippen LogP contribution in [0.1, 0.15) is 47.0 Å². The van der Waals surface area contributed by atoms with Crippen molar-refractivity contribution in [1.82, 2.24) is 10.2 Å². The van der Waals surface area contributed by atoms with Gasteiger partial charge in [0.1, 0.15) is 5.54 Å². The third-order valence-corrected chi connectivity index (χ3v) is 5.66. The van der Waals surface area contributed by atoms with E-state index < -0.39 is 5.54 Å². The quantitative estimate of drug-likeness (QED) is 0.841. The highest BCUT2D eigenvalue weighted by atomic mass is 32.2. The standard InChI is InChI=1S/C14H26N2O2S/c1-6-14(7-2,19-5)10-16-9-8-11(17)15-13(3,4)12(16)18/h6-10H2,1-5H3,(H,15,17). The zero-order valence-corrected chi connectivity index (χ0v) is 13.5. The van der Waals surface area contributed by atoms with Gasteiger partial charge in [0.15, 0.2) is 0 Å². The lowest BCUT2D eigenvalue weighted by atomic mass is 9.99. The Bertz CT molecular complexity index is 343. The van der Waals surface area contributed by atoms with E-state index in [4.69, 9.17) is 0 Å². The summed E-state index contributed by atoms with van der Waals surface area (Å²) in [6, 6.07) is 0. The molecule has 0 spiro atoms. The maximum atomic E-state index is 12.5. The molecule has 5 heteroatoms. The Balaban J connectivity index is 2.92. The number of rotatable bonds is 5. The van der Waals surface area contributed by atoms with Crippen LogP contribution in [0, 0.1) is 0 Å². The molecule has 0 aliphatic carbocycles. The van der Waals surface area contributed by atoms with Crippen molar-refractivity contribution < 1.29 is 9.59 Å². The van der Waals surface area contributed by atoms with E-state index in [2.05, 4.69) is 25.4 Å². The number of thioether (sulfide) groups is 1. The SMILES string of the molecule is CCC(CC)(CN1CCC(=O)NC(C)(C)C1=O)SC. The van der Waals surface area contributed by atoms with E-state index in [0.29, 0.717) is 13.0 Å². The van der Waals surface area contributed by atoms with Crippen molar-refractivity contribution in [2.75, 3.05) is 19.3 Å². The molecule has 110 valence electrons. The molecule has 1 aliphatic rings. The fraction of sp³-hybridized carbons (Fsp3) is 0.857. The molecule has 0 atom stereocenters. The first kappa shape index (κ1) is 16.3. The minimum absolute atomic E-state index is 0.0266. The van der Waals surface area contributed by atoms with Gasteiger partial charge in [-0.1, -0.05) is 13.8 Å². The molecule has 0 bridgehead atoms. The van der Waals surface area contributed by atoms with Gasteiger partial charge in [-0.15, -0.1) is 0 Å². The second-order valence-electron chi connectivity index (χ2n) is 5.74. The fourth-order valence-electron chi connectivity index (χ4n) is 2.52. The van der Waals surface area contributed by atoms with Gasteiger partial charge in [-0.05, 0) is 32.9 Å². The highest BCUT2D eigenvalue weighted by Crippen LogP contribution is 2.32. The van der Waals surface area contributed by atoms with E-state index in [1.807, 2.05) is 16.7 Å². The van der Waals surface area contributed by atoms with E-state index in [1.54, 1.807) is 13.8 Å². The Labute approximate surface area is 120 Å². The number of hydrogen-bond acceptors (Lipinski definition) is 3. The van der Waals surface area contributed by atoms with Crippen LogP contribution < -0.4 is 5.32 Å². The predicted molar refractivity (Wildman–Crippen MR) is 80.2 cm³/mol. The minimum atomic E-state index is -0.792. The van der Waals surface area contributed by atoms with Crippen LogP contribution in [0.4, 0.5) is 0 Å². The average Bonchev–Trinajstić information content (AvgIpc) is 2.46. The Morgan fingerprint density at radius 1 is 1.32 bits per heavy atom. The summed E-state index contributed by atoms with van der Waals surface area (Å²) in [6.07, 6.45) is 4.55. The highest BCUT2D eigenvalue weighted by Gasteiger charge is 2.39. The molecule has 0 unspecified atom stereocenters. The zero-order chi connectivity index (χ0) is 14.7. The maximum Gasteiger partial charge on any atom is 0.247 e. The van der Waals surface area contributed by atoms with Crippen LogP contribution in [0.2, 0.25) is 0 Å². The van der Waals surface area contributed by atoms with Crippen LogP contribution in [0.15, 0.2) is 0 Å². The van der Waals surface area contributed by atoms with Gasteiger partial charge >= 0.3 is 0 Å². The van der Waals surface area contributed by atoms with Gasteiger partial charge in [0, 0.05) is 24.3 Å². The molecule has 4 nitrogen and oxygen atoms in total. The molecular weight excluding hydrogens is 260 g/mol. The van der Waals surface area contributed by atoms with Crippen LogP contribution in [-0.4, -0.2) is 46.3 Å². The summed E-state index contributed by atoms with van der Waals surface area (Å²) in [4.78, 5) is 26.1. The Morgan fingerprint density at radius 2 is 1.89 bits per heavy atom. The third-order valence-electron chi connectivity index (χ3n) is 4.08. The third kappa shape index (κ3) is 3.65. The van der Waals surface area contributed by atoms with Gasteiger partial charge < -0.3 is 10.2 Å². The predicted octanol–water partition coefficient (Wildman–Crippen LogP) is 2.04. The topological polar surface area (TPSA) is 49.4 Å². The first-order chi connectivity index (χ1) is 8.80. The minimum Gasteiger partial charge on any atom is -0.342 e. The van der Waals surface area contributed by atoms with Crippen LogP contribution >= 0.6 is 11.8 Å². The monoisotopic (exact) mass is 286 g/mol. The second kappa shape index (κ2) is 6.16. The molecule has 0 aromatic heterocycles. The summed E-state index contributed by atoms with van der Waals surface area (Å²) in [5.41, 5.74) is -0.792. The van der Waals surface area contributed by atoms with E-state index in [1.165, 1.54) is 0 Å². The van der Waals surface area contributed by atoms with Crippen molar-refractivity contribution in [3.8, 4) is 0 Å². The fourth-order valence-corrected chi connectivity index (χ4v) is 3.39. The van der Waals surface area contributed by atoms with E-state index >= 15 is 0 Å². The van der Waals surface area contributed by atoms with Crippen molar-refractivity contribution in [2.24, 2.45) is 0 Å². The van der Waals surface area contributed by atoms with Crippen LogP contribution in [-0.2, 0) is 9.59 Å². The molecule has 19 heavy (non-hydrogen) atoms. The number of hydrogen-bond donors (Lipinski definition) is 1. The van der Waals surface area contributed by atoms with Crippen molar-refractivity contribution in [3.63, 3.8) is 0 Å². The molecule has 1 saturated heterocycles. The summed E-state index contributed by atoms with van der Waals surface area (Å²) < 4.78 is 0.0964. The van der Waals surface area contributed by atoms with Crippen LogP contribution in [0.5, 0.6) is 0 Å².